The van der Waals surface area contributed by atoms with Gasteiger partial charge in [0.05, 0.1) is 38.3 Å². The first-order chi connectivity index (χ1) is 12.7. The number of esters is 2. The molecule has 4 fully saturated rings. The van der Waals surface area contributed by atoms with E-state index >= 15 is 0 Å². The fraction of sp³-hybridized carbons (Fsp3) is 0.889. The second-order valence-electron chi connectivity index (χ2n) is 7.63. The number of carbonyl (C=O) groups is 2. The molecule has 0 spiro atoms. The summed E-state index contributed by atoms with van der Waals surface area (Å²) >= 11 is 0. The van der Waals surface area contributed by atoms with Crippen LogP contribution in [-0.4, -0.2) is 76.5 Å². The number of epoxide rings is 3. The molecule has 8 nitrogen and oxygen atoms in total. The first-order valence-electron chi connectivity index (χ1n) is 9.43. The Hall–Kier alpha value is -1.22. The zero-order chi connectivity index (χ0) is 17.9. The Balaban J connectivity index is 1.28. The minimum Gasteiger partial charge on any atom is -0.463 e. The third kappa shape index (κ3) is 5.64. The minimum absolute atomic E-state index is 0.0412. The van der Waals surface area contributed by atoms with E-state index in [1.54, 1.807) is 0 Å². The SMILES string of the molecule is O=C(OCC1CO1)C1CC(COCC2CO2)CC(C(=O)OCC2CO2)C1. The molecule has 5 unspecified atom stereocenters. The summed E-state index contributed by atoms with van der Waals surface area (Å²) in [4.78, 5) is 24.8. The van der Waals surface area contributed by atoms with Crippen LogP contribution in [-0.2, 0) is 38.0 Å². The highest BCUT2D eigenvalue weighted by atomic mass is 16.6. The molecular weight excluding hydrogens is 344 g/mol. The van der Waals surface area contributed by atoms with E-state index in [1.807, 2.05) is 0 Å². The van der Waals surface area contributed by atoms with E-state index in [1.165, 1.54) is 0 Å². The maximum absolute atomic E-state index is 12.4. The van der Waals surface area contributed by atoms with Crippen molar-refractivity contribution >= 4 is 11.9 Å². The van der Waals surface area contributed by atoms with Gasteiger partial charge >= 0.3 is 11.9 Å². The lowest BCUT2D eigenvalue weighted by Crippen LogP contribution is -2.36. The zero-order valence-corrected chi connectivity index (χ0v) is 14.8. The van der Waals surface area contributed by atoms with Gasteiger partial charge in [0.25, 0.3) is 0 Å². The maximum Gasteiger partial charge on any atom is 0.309 e. The van der Waals surface area contributed by atoms with Crippen LogP contribution in [0, 0.1) is 17.8 Å². The van der Waals surface area contributed by atoms with E-state index in [9.17, 15) is 9.59 Å². The summed E-state index contributed by atoms with van der Waals surface area (Å²) in [5.74, 6) is -0.976. The molecule has 1 aliphatic carbocycles. The second kappa shape index (κ2) is 8.21. The Morgan fingerprint density at radius 3 is 1.62 bits per heavy atom. The summed E-state index contributed by atoms with van der Waals surface area (Å²) in [5, 5.41) is 0. The average molecular weight is 370 g/mol. The quantitative estimate of drug-likeness (QED) is 0.400. The Labute approximate surface area is 152 Å². The van der Waals surface area contributed by atoms with Crippen molar-refractivity contribution in [3.05, 3.63) is 0 Å². The molecule has 0 aromatic carbocycles. The Kier molecular flexibility index (Phi) is 5.73. The molecule has 3 saturated heterocycles. The van der Waals surface area contributed by atoms with Gasteiger partial charge in [0, 0.05) is 6.61 Å². The number of rotatable bonds is 10. The molecule has 146 valence electrons. The topological polar surface area (TPSA) is 99.4 Å². The van der Waals surface area contributed by atoms with Gasteiger partial charge in [-0.2, -0.15) is 0 Å². The van der Waals surface area contributed by atoms with Crippen LogP contribution in [0.2, 0.25) is 0 Å². The molecular formula is C18H26O8. The van der Waals surface area contributed by atoms with Gasteiger partial charge in [0.15, 0.2) is 0 Å². The summed E-state index contributed by atoms with van der Waals surface area (Å²) in [6.07, 6.45) is 2.10. The molecule has 0 aromatic heterocycles. The van der Waals surface area contributed by atoms with Crippen molar-refractivity contribution in [2.24, 2.45) is 17.8 Å². The molecule has 5 atom stereocenters. The van der Waals surface area contributed by atoms with Crippen molar-refractivity contribution in [2.75, 3.05) is 46.2 Å². The van der Waals surface area contributed by atoms with E-state index < -0.39 is 0 Å². The van der Waals surface area contributed by atoms with E-state index in [0.29, 0.717) is 58.9 Å². The van der Waals surface area contributed by atoms with Gasteiger partial charge in [-0.1, -0.05) is 0 Å². The molecule has 4 rings (SSSR count). The molecule has 3 heterocycles. The lowest BCUT2D eigenvalue weighted by molar-refractivity contribution is -0.157. The van der Waals surface area contributed by atoms with Crippen molar-refractivity contribution < 1.29 is 38.0 Å². The number of carbonyl (C=O) groups excluding carboxylic acids is 2. The summed E-state index contributed by atoms with van der Waals surface area (Å²) in [6.45, 7) is 3.73. The predicted molar refractivity (Wildman–Crippen MR) is 86.3 cm³/mol. The summed E-state index contributed by atoms with van der Waals surface area (Å²) in [7, 11) is 0. The highest BCUT2D eigenvalue weighted by Gasteiger charge is 2.39. The molecule has 8 heteroatoms. The van der Waals surface area contributed by atoms with Gasteiger partial charge in [-0.3, -0.25) is 9.59 Å². The van der Waals surface area contributed by atoms with Crippen LogP contribution < -0.4 is 0 Å². The second-order valence-corrected chi connectivity index (χ2v) is 7.63. The molecule has 26 heavy (non-hydrogen) atoms. The fourth-order valence-corrected chi connectivity index (χ4v) is 3.40. The zero-order valence-electron chi connectivity index (χ0n) is 14.8. The Bertz CT molecular complexity index is 475. The van der Waals surface area contributed by atoms with Gasteiger partial charge in [-0.15, -0.1) is 0 Å². The highest BCUT2D eigenvalue weighted by molar-refractivity contribution is 5.76. The smallest absolute Gasteiger partial charge is 0.309 e. The van der Waals surface area contributed by atoms with Crippen LogP contribution in [0.4, 0.5) is 0 Å². The van der Waals surface area contributed by atoms with Crippen LogP contribution >= 0.6 is 0 Å². The summed E-state index contributed by atoms with van der Waals surface area (Å²) in [6, 6.07) is 0. The molecule has 4 aliphatic rings. The van der Waals surface area contributed by atoms with Gasteiger partial charge in [0.1, 0.15) is 31.5 Å². The molecule has 0 aromatic rings. The number of hydrogen-bond donors (Lipinski definition) is 0. The van der Waals surface area contributed by atoms with E-state index in [2.05, 4.69) is 0 Å². The number of hydrogen-bond acceptors (Lipinski definition) is 8. The molecule has 0 radical (unpaired) electrons. The van der Waals surface area contributed by atoms with E-state index in [-0.39, 0.29) is 48.0 Å². The minimum atomic E-state index is -0.303. The third-order valence-electron chi connectivity index (χ3n) is 5.16. The van der Waals surface area contributed by atoms with Gasteiger partial charge < -0.3 is 28.4 Å². The molecule has 0 bridgehead atoms. The molecule has 0 amide bonds. The van der Waals surface area contributed by atoms with Crippen molar-refractivity contribution in [3.8, 4) is 0 Å². The lowest BCUT2D eigenvalue weighted by Gasteiger charge is -2.32. The van der Waals surface area contributed by atoms with Crippen molar-refractivity contribution in [1.82, 2.24) is 0 Å². The van der Waals surface area contributed by atoms with Crippen molar-refractivity contribution in [2.45, 2.75) is 37.6 Å². The first-order valence-corrected chi connectivity index (χ1v) is 9.43. The standard InChI is InChI=1S/C18H26O8/c19-17(25-9-15-7-23-15)12-1-11(4-21-5-14-6-22-14)2-13(3-12)18(20)26-10-16-8-24-16/h11-16H,1-10H2. The van der Waals surface area contributed by atoms with Gasteiger partial charge in [0.2, 0.25) is 0 Å². The monoisotopic (exact) mass is 370 g/mol. The molecule has 3 aliphatic heterocycles. The number of ether oxygens (including phenoxy) is 6. The fourth-order valence-electron chi connectivity index (χ4n) is 3.40. The summed E-state index contributed by atoms with van der Waals surface area (Å²) in [5.41, 5.74) is 0. The van der Waals surface area contributed by atoms with Crippen LogP contribution in [0.1, 0.15) is 19.3 Å². The summed E-state index contributed by atoms with van der Waals surface area (Å²) < 4.78 is 31.7. The first kappa shape index (κ1) is 18.2. The van der Waals surface area contributed by atoms with E-state index in [4.69, 9.17) is 28.4 Å². The van der Waals surface area contributed by atoms with Crippen LogP contribution in [0.25, 0.3) is 0 Å². The predicted octanol–water partition coefficient (Wildman–Crippen LogP) is 0.318. The Morgan fingerprint density at radius 1 is 0.692 bits per heavy atom. The Morgan fingerprint density at radius 2 is 1.15 bits per heavy atom. The largest absolute Gasteiger partial charge is 0.463 e. The normalized spacial score (nSPS) is 37.7. The van der Waals surface area contributed by atoms with Gasteiger partial charge in [-0.05, 0) is 25.2 Å². The lowest BCUT2D eigenvalue weighted by atomic mass is 9.75. The van der Waals surface area contributed by atoms with Crippen molar-refractivity contribution in [3.63, 3.8) is 0 Å². The molecule has 1 saturated carbocycles. The van der Waals surface area contributed by atoms with Crippen LogP contribution in [0.5, 0.6) is 0 Å². The average Bonchev–Trinajstić information content (AvgIpc) is 3.46. The maximum atomic E-state index is 12.4. The highest BCUT2D eigenvalue weighted by Crippen LogP contribution is 2.35. The van der Waals surface area contributed by atoms with Crippen LogP contribution in [0.15, 0.2) is 0 Å². The van der Waals surface area contributed by atoms with Crippen LogP contribution in [0.3, 0.4) is 0 Å². The van der Waals surface area contributed by atoms with Crippen molar-refractivity contribution in [1.29, 1.82) is 0 Å². The third-order valence-corrected chi connectivity index (χ3v) is 5.16. The van der Waals surface area contributed by atoms with E-state index in [0.717, 1.165) is 6.61 Å². The van der Waals surface area contributed by atoms with Gasteiger partial charge in [-0.25, -0.2) is 0 Å². The molecule has 0 N–H and O–H groups in total.